The highest BCUT2D eigenvalue weighted by atomic mass is 16.3. The molecule has 1 aliphatic rings. The molecule has 1 N–H and O–H groups in total. The second kappa shape index (κ2) is 5.09. The van der Waals surface area contributed by atoms with Gasteiger partial charge in [0.2, 0.25) is 0 Å². The minimum absolute atomic E-state index is 0.00944. The lowest BCUT2D eigenvalue weighted by Crippen LogP contribution is -2.38. The van der Waals surface area contributed by atoms with Gasteiger partial charge in [-0.25, -0.2) is 0 Å². The summed E-state index contributed by atoms with van der Waals surface area (Å²) in [6.07, 6.45) is 2.49. The first kappa shape index (κ1) is 13.4. The van der Waals surface area contributed by atoms with Gasteiger partial charge in [-0.05, 0) is 23.7 Å². The smallest absolute Gasteiger partial charge is 0.158 e. The minimum Gasteiger partial charge on any atom is -0.389 e. The van der Waals surface area contributed by atoms with Crippen molar-refractivity contribution in [3.05, 3.63) is 0 Å². The number of carbonyl (C=O) groups is 2. The second-order valence-electron chi connectivity index (χ2n) is 5.73. The fraction of sp³-hybridized carbons (Fsp3) is 0.846. The van der Waals surface area contributed by atoms with E-state index in [-0.39, 0.29) is 17.8 Å². The standard InChI is InChI=1S/C13H22O3/c1-9-6-11(16)7-13(2,3)12(9)5-4-10(15)8-14/h9,12,14H,4-8H2,1-3H3/t9-,12+/m1/s1. The molecule has 0 bridgehead atoms. The topological polar surface area (TPSA) is 54.4 Å². The maximum atomic E-state index is 11.5. The zero-order valence-corrected chi connectivity index (χ0v) is 10.5. The molecule has 0 aromatic heterocycles. The molecule has 0 spiro atoms. The molecule has 1 aliphatic carbocycles. The molecular formula is C13H22O3. The number of Topliss-reactive ketones (excluding diaryl/α,β-unsaturated/α-hetero) is 2. The Kier molecular flexibility index (Phi) is 4.25. The molecule has 0 aromatic carbocycles. The largest absolute Gasteiger partial charge is 0.389 e. The lowest BCUT2D eigenvalue weighted by molar-refractivity contribution is -0.128. The Morgan fingerprint density at radius 1 is 1.50 bits per heavy atom. The third-order valence-electron chi connectivity index (χ3n) is 3.80. The predicted octanol–water partition coefficient (Wildman–Crippen LogP) is 1.97. The lowest BCUT2D eigenvalue weighted by Gasteiger charge is -2.42. The van der Waals surface area contributed by atoms with Crippen molar-refractivity contribution >= 4 is 11.6 Å². The fourth-order valence-electron chi connectivity index (χ4n) is 3.05. The number of rotatable bonds is 4. The lowest BCUT2D eigenvalue weighted by atomic mass is 9.62. The number of hydrogen-bond donors (Lipinski definition) is 1. The molecule has 1 fully saturated rings. The maximum Gasteiger partial charge on any atom is 0.158 e. The van der Waals surface area contributed by atoms with Crippen LogP contribution in [0.2, 0.25) is 0 Å². The van der Waals surface area contributed by atoms with Crippen LogP contribution in [0.3, 0.4) is 0 Å². The van der Waals surface area contributed by atoms with Gasteiger partial charge < -0.3 is 5.11 Å². The Labute approximate surface area is 97.2 Å². The summed E-state index contributed by atoms with van der Waals surface area (Å²) in [5, 5.41) is 8.70. The summed E-state index contributed by atoms with van der Waals surface area (Å²) in [5.74, 6) is 0.991. The highest BCUT2D eigenvalue weighted by Gasteiger charge is 2.40. The van der Waals surface area contributed by atoms with E-state index in [0.29, 0.717) is 36.9 Å². The van der Waals surface area contributed by atoms with Crippen molar-refractivity contribution in [2.75, 3.05) is 6.61 Å². The van der Waals surface area contributed by atoms with Crippen LogP contribution in [0.25, 0.3) is 0 Å². The van der Waals surface area contributed by atoms with E-state index in [0.717, 1.165) is 6.42 Å². The van der Waals surface area contributed by atoms with Crippen molar-refractivity contribution in [1.29, 1.82) is 0 Å². The Morgan fingerprint density at radius 2 is 2.12 bits per heavy atom. The quantitative estimate of drug-likeness (QED) is 0.797. The first-order valence-corrected chi connectivity index (χ1v) is 6.01. The van der Waals surface area contributed by atoms with E-state index in [1.54, 1.807) is 0 Å². The van der Waals surface area contributed by atoms with Crippen molar-refractivity contribution in [2.45, 2.75) is 46.5 Å². The molecular weight excluding hydrogens is 204 g/mol. The molecule has 0 aromatic rings. The molecule has 16 heavy (non-hydrogen) atoms. The van der Waals surface area contributed by atoms with Crippen molar-refractivity contribution in [3.63, 3.8) is 0 Å². The summed E-state index contributed by atoms with van der Waals surface area (Å²) >= 11 is 0. The molecule has 1 rings (SSSR count). The van der Waals surface area contributed by atoms with Gasteiger partial charge in [0.25, 0.3) is 0 Å². The van der Waals surface area contributed by atoms with E-state index in [1.165, 1.54) is 0 Å². The Bertz CT molecular complexity index is 281. The number of aliphatic hydroxyl groups is 1. The number of hydrogen-bond acceptors (Lipinski definition) is 3. The molecule has 0 aliphatic heterocycles. The highest BCUT2D eigenvalue weighted by Crippen LogP contribution is 2.44. The van der Waals surface area contributed by atoms with Gasteiger partial charge in [-0.2, -0.15) is 0 Å². The van der Waals surface area contributed by atoms with Crippen molar-refractivity contribution < 1.29 is 14.7 Å². The molecule has 0 unspecified atom stereocenters. The van der Waals surface area contributed by atoms with Gasteiger partial charge in [0, 0.05) is 19.3 Å². The van der Waals surface area contributed by atoms with Gasteiger partial charge >= 0.3 is 0 Å². The van der Waals surface area contributed by atoms with Crippen molar-refractivity contribution in [2.24, 2.45) is 17.3 Å². The van der Waals surface area contributed by atoms with Crippen LogP contribution >= 0.6 is 0 Å². The molecule has 3 nitrogen and oxygen atoms in total. The van der Waals surface area contributed by atoms with Crippen LogP contribution in [-0.2, 0) is 9.59 Å². The van der Waals surface area contributed by atoms with Crippen LogP contribution in [0.5, 0.6) is 0 Å². The van der Waals surface area contributed by atoms with Gasteiger partial charge in [0.15, 0.2) is 5.78 Å². The molecule has 3 heteroatoms. The summed E-state index contributed by atoms with van der Waals surface area (Å²) in [5.41, 5.74) is -0.00944. The van der Waals surface area contributed by atoms with Crippen LogP contribution < -0.4 is 0 Å². The zero-order valence-electron chi connectivity index (χ0n) is 10.5. The summed E-state index contributed by atoms with van der Waals surface area (Å²) in [6.45, 7) is 5.94. The van der Waals surface area contributed by atoms with Crippen LogP contribution in [0.1, 0.15) is 46.5 Å². The predicted molar refractivity (Wildman–Crippen MR) is 62.0 cm³/mol. The molecule has 2 atom stereocenters. The monoisotopic (exact) mass is 226 g/mol. The summed E-state index contributed by atoms with van der Waals surface area (Å²) in [6, 6.07) is 0. The molecule has 0 saturated heterocycles. The van der Waals surface area contributed by atoms with Crippen LogP contribution in [0.4, 0.5) is 0 Å². The van der Waals surface area contributed by atoms with E-state index >= 15 is 0 Å². The van der Waals surface area contributed by atoms with Gasteiger partial charge in [0.1, 0.15) is 12.4 Å². The normalized spacial score (nSPS) is 29.1. The van der Waals surface area contributed by atoms with Crippen LogP contribution in [0, 0.1) is 17.3 Å². The molecule has 92 valence electrons. The summed E-state index contributed by atoms with van der Waals surface area (Å²) in [7, 11) is 0. The summed E-state index contributed by atoms with van der Waals surface area (Å²) in [4.78, 5) is 22.6. The third kappa shape index (κ3) is 3.14. The molecule has 1 saturated carbocycles. The van der Waals surface area contributed by atoms with Crippen LogP contribution in [-0.4, -0.2) is 23.3 Å². The molecule has 0 heterocycles. The highest BCUT2D eigenvalue weighted by molar-refractivity contribution is 5.81. The van der Waals surface area contributed by atoms with Gasteiger partial charge in [-0.15, -0.1) is 0 Å². The molecule has 0 radical (unpaired) electrons. The van der Waals surface area contributed by atoms with E-state index in [2.05, 4.69) is 20.8 Å². The second-order valence-corrected chi connectivity index (χ2v) is 5.73. The number of carbonyl (C=O) groups excluding carboxylic acids is 2. The third-order valence-corrected chi connectivity index (χ3v) is 3.80. The Balaban J connectivity index is 2.62. The Morgan fingerprint density at radius 3 is 2.62 bits per heavy atom. The van der Waals surface area contributed by atoms with E-state index < -0.39 is 0 Å². The van der Waals surface area contributed by atoms with E-state index in [4.69, 9.17) is 5.11 Å². The van der Waals surface area contributed by atoms with Gasteiger partial charge in [-0.3, -0.25) is 9.59 Å². The maximum absolute atomic E-state index is 11.5. The van der Waals surface area contributed by atoms with E-state index in [1.807, 2.05) is 0 Å². The van der Waals surface area contributed by atoms with Gasteiger partial charge in [0.05, 0.1) is 0 Å². The average molecular weight is 226 g/mol. The fourth-order valence-corrected chi connectivity index (χ4v) is 3.05. The summed E-state index contributed by atoms with van der Waals surface area (Å²) < 4.78 is 0. The Hall–Kier alpha value is -0.700. The molecule has 0 amide bonds. The number of ketones is 2. The van der Waals surface area contributed by atoms with Crippen molar-refractivity contribution in [3.8, 4) is 0 Å². The van der Waals surface area contributed by atoms with Gasteiger partial charge in [-0.1, -0.05) is 20.8 Å². The first-order valence-electron chi connectivity index (χ1n) is 6.01. The van der Waals surface area contributed by atoms with E-state index in [9.17, 15) is 9.59 Å². The average Bonchev–Trinajstić information content (AvgIpc) is 2.14. The first-order chi connectivity index (χ1) is 7.36. The van der Waals surface area contributed by atoms with Crippen molar-refractivity contribution in [1.82, 2.24) is 0 Å². The SMILES string of the molecule is C[C@@H]1CC(=O)CC(C)(C)[C@H]1CCC(=O)CO. The van der Waals surface area contributed by atoms with Crippen LogP contribution in [0.15, 0.2) is 0 Å². The number of aliphatic hydroxyl groups excluding tert-OH is 1. The zero-order chi connectivity index (χ0) is 12.3. The minimum atomic E-state index is -0.361.